The van der Waals surface area contributed by atoms with Crippen molar-refractivity contribution in [1.29, 1.82) is 0 Å². The van der Waals surface area contributed by atoms with E-state index in [9.17, 15) is 4.79 Å². The van der Waals surface area contributed by atoms with Crippen LogP contribution >= 0.6 is 7.82 Å². The molecule has 0 unspecified atom stereocenters. The van der Waals surface area contributed by atoms with Crippen LogP contribution in [-0.4, -0.2) is 42.4 Å². The van der Waals surface area contributed by atoms with E-state index in [1.807, 2.05) is 12.1 Å². The van der Waals surface area contributed by atoms with E-state index in [2.05, 4.69) is 137 Å². The lowest BCUT2D eigenvalue weighted by Crippen LogP contribution is -2.67. The second-order valence-corrected chi connectivity index (χ2v) is 31.7. The molecule has 0 N–H and O–H groups in total. The molecule has 0 bridgehead atoms. The first-order valence-corrected chi connectivity index (χ1v) is 29.4. The number of hydrogen-bond acceptors (Lipinski definition) is 8. The Morgan fingerprint density at radius 1 is 0.708 bits per heavy atom. The topological polar surface area (TPSA) is 89.5 Å². The zero-order chi connectivity index (χ0) is 47.2. The van der Waals surface area contributed by atoms with Gasteiger partial charge in [0.25, 0.3) is 8.32 Å². The number of para-hydroxylation sites is 2. The van der Waals surface area contributed by atoms with Gasteiger partial charge in [-0.2, -0.15) is 4.57 Å². The summed E-state index contributed by atoms with van der Waals surface area (Å²) < 4.78 is 55.6. The van der Waals surface area contributed by atoms with Crippen LogP contribution in [0.5, 0.6) is 11.5 Å². The highest BCUT2D eigenvalue weighted by atomic mass is 31.2. The molecule has 0 aromatic heterocycles. The minimum atomic E-state index is -4.53. The molecular weight excluding hydrogens is 864 g/mol. The minimum Gasteiger partial charge on any atom is -0.466 e. The fourth-order valence-corrected chi connectivity index (χ4v) is 23.6. The average Bonchev–Trinajstić information content (AvgIpc) is 3.26. The van der Waals surface area contributed by atoms with Crippen LogP contribution < -0.4 is 19.4 Å². The van der Waals surface area contributed by atoms with Crippen LogP contribution in [0.4, 0.5) is 0 Å². The van der Waals surface area contributed by atoms with Crippen LogP contribution in [0.2, 0.25) is 21.7 Å². The highest BCUT2D eigenvalue weighted by molar-refractivity contribution is 7.49. The number of fused-ring (bicyclic) bond motifs is 1. The molecule has 0 saturated heterocycles. The molecule has 0 aliphatic heterocycles. The van der Waals surface area contributed by atoms with Crippen molar-refractivity contribution in [3.63, 3.8) is 0 Å². The predicted molar refractivity (Wildman–Crippen MR) is 269 cm³/mol. The summed E-state index contributed by atoms with van der Waals surface area (Å²) in [5, 5.41) is 2.10. The van der Waals surface area contributed by atoms with Crippen LogP contribution in [0.15, 0.2) is 133 Å². The number of carbonyl (C=O) groups is 1. The summed E-state index contributed by atoms with van der Waals surface area (Å²) in [5.41, 5.74) is 1.32. The summed E-state index contributed by atoms with van der Waals surface area (Å²) >= 11 is 0. The molecule has 7 atom stereocenters. The van der Waals surface area contributed by atoms with Gasteiger partial charge in [-0.1, -0.05) is 173 Å². The Labute approximate surface area is 392 Å². The molecular formula is C54H75O8PSi2. The third-order valence-corrected chi connectivity index (χ3v) is 27.1. The normalized spacial score (nSPS) is 23.2. The van der Waals surface area contributed by atoms with Gasteiger partial charge in [0.15, 0.2) is 0 Å². The number of ether oxygens (including phenoxy) is 1. The van der Waals surface area contributed by atoms with Gasteiger partial charge >= 0.3 is 13.8 Å². The first kappa shape index (κ1) is 50.5. The molecule has 8 nitrogen and oxygen atoms in total. The smallest absolute Gasteiger partial charge is 0.466 e. The van der Waals surface area contributed by atoms with E-state index < -0.39 is 36.3 Å². The van der Waals surface area contributed by atoms with Crippen molar-refractivity contribution in [3.05, 3.63) is 133 Å². The van der Waals surface area contributed by atoms with Crippen LogP contribution in [0, 0.1) is 35.5 Å². The van der Waals surface area contributed by atoms with Crippen LogP contribution in [0.3, 0.4) is 0 Å². The lowest BCUT2D eigenvalue weighted by molar-refractivity contribution is -0.135. The summed E-state index contributed by atoms with van der Waals surface area (Å²) in [6.45, 7) is 26.1. The number of methoxy groups -OCH3 is 1. The van der Waals surface area contributed by atoms with Gasteiger partial charge in [-0.05, 0) is 105 Å². The van der Waals surface area contributed by atoms with Crippen LogP contribution in [0.25, 0.3) is 0 Å². The van der Waals surface area contributed by atoms with Crippen LogP contribution in [0.1, 0.15) is 95.4 Å². The Balaban J connectivity index is 1.54. The molecule has 0 amide bonds. The minimum absolute atomic E-state index is 0.0635. The SMILES string of the molecule is COC(=O)/C=C(/OP(=O)(Oc1ccccc1)Oc1ccccc1)[C@H]1[C@@H](CO[Si](c2ccccc2)(c2ccccc2)C(C)(C)C)[C@H]2[C@@H](C[C@@H]1C)[C@@H](O[Si](C(C)C)(C(C)C)C(C)C)CC[C@@H]2C. The largest absolute Gasteiger partial charge is 0.646 e. The van der Waals surface area contributed by atoms with E-state index >= 15 is 4.57 Å². The molecule has 11 heteroatoms. The van der Waals surface area contributed by atoms with Crippen molar-refractivity contribution in [2.75, 3.05) is 13.7 Å². The summed E-state index contributed by atoms with van der Waals surface area (Å²) in [6.07, 6.45) is 4.24. The maximum absolute atomic E-state index is 15.4. The van der Waals surface area contributed by atoms with Gasteiger partial charge in [0.2, 0.25) is 8.32 Å². The quantitative estimate of drug-likeness (QED) is 0.0320. The predicted octanol–water partition coefficient (Wildman–Crippen LogP) is 13.4. The molecule has 2 aliphatic carbocycles. The van der Waals surface area contributed by atoms with Crippen molar-refractivity contribution in [3.8, 4) is 11.5 Å². The van der Waals surface area contributed by atoms with Gasteiger partial charge in [-0.25, -0.2) is 4.79 Å². The second kappa shape index (κ2) is 21.4. The Bertz CT molecular complexity index is 2090. The standard InChI is InChI=1S/C54H75O8PSi2/c1-38(2)64(39(3)4,40(5)6)62-49-34-33-41(7)52-47(49)35-42(8)53(48(52)37-58-65(54(9,10)11,45-29-21-15-22-30-45)46-31-23-16-24-32-46)50(36-51(55)57-12)61-63(56,59-43-25-17-13-18-26-43)60-44-27-19-14-20-28-44/h13-32,36,38-42,47-49,52-53H,33-35,37H2,1-12H3/b50-36+/t41-,42-,47-,48-,49-,52+,53+/m0/s1. The fourth-order valence-electron chi connectivity index (χ4n) is 12.1. The van der Waals surface area contributed by atoms with Gasteiger partial charge in [0.1, 0.15) is 17.3 Å². The number of allylic oxidation sites excluding steroid dienone is 1. The second-order valence-electron chi connectivity index (χ2n) is 20.6. The van der Waals surface area contributed by atoms with E-state index in [0.717, 1.165) is 19.3 Å². The lowest BCUT2D eigenvalue weighted by atomic mass is 9.54. The average molecular weight is 939 g/mol. The summed E-state index contributed by atoms with van der Waals surface area (Å²) in [6, 6.07) is 39.2. The lowest BCUT2D eigenvalue weighted by Gasteiger charge is -2.57. The number of esters is 1. The van der Waals surface area contributed by atoms with Gasteiger partial charge in [0.05, 0.1) is 13.2 Å². The molecule has 2 saturated carbocycles. The molecule has 0 heterocycles. The third-order valence-electron chi connectivity index (χ3n) is 14.6. The highest BCUT2D eigenvalue weighted by Crippen LogP contribution is 2.59. The highest BCUT2D eigenvalue weighted by Gasteiger charge is 2.57. The van der Waals surface area contributed by atoms with Crippen molar-refractivity contribution < 1.29 is 36.5 Å². The van der Waals surface area contributed by atoms with Gasteiger partial charge in [-0.15, -0.1) is 0 Å². The zero-order valence-corrected chi connectivity index (χ0v) is 43.8. The Kier molecular flexibility index (Phi) is 16.6. The molecule has 0 radical (unpaired) electrons. The van der Waals surface area contributed by atoms with Crippen LogP contribution in [-0.2, 0) is 27.5 Å². The Morgan fingerprint density at radius 3 is 1.60 bits per heavy atom. The maximum Gasteiger partial charge on any atom is 0.646 e. The van der Waals surface area contributed by atoms with Crippen molar-refractivity contribution >= 4 is 40.8 Å². The van der Waals surface area contributed by atoms with Crippen molar-refractivity contribution in [1.82, 2.24) is 0 Å². The third kappa shape index (κ3) is 10.9. The summed E-state index contributed by atoms with van der Waals surface area (Å²) in [7, 11) is -8.53. The first-order valence-electron chi connectivity index (χ1n) is 23.9. The maximum atomic E-state index is 15.4. The molecule has 6 rings (SSSR count). The number of hydrogen-bond donors (Lipinski definition) is 0. The Morgan fingerprint density at radius 2 is 1.17 bits per heavy atom. The van der Waals surface area contributed by atoms with E-state index in [1.54, 1.807) is 48.5 Å². The molecule has 2 aliphatic rings. The zero-order valence-electron chi connectivity index (χ0n) is 40.9. The fraction of sp³-hybridized carbons (Fsp3) is 0.500. The van der Waals surface area contributed by atoms with Crippen molar-refractivity contribution in [2.24, 2.45) is 35.5 Å². The van der Waals surface area contributed by atoms with E-state index in [-0.39, 0.29) is 40.6 Å². The number of rotatable bonds is 18. The number of carbonyl (C=O) groups excluding carboxylic acids is 1. The van der Waals surface area contributed by atoms with E-state index in [1.165, 1.54) is 23.6 Å². The first-order chi connectivity index (χ1) is 30.9. The van der Waals surface area contributed by atoms with E-state index in [0.29, 0.717) is 40.6 Å². The van der Waals surface area contributed by atoms with Gasteiger partial charge in [0, 0.05) is 18.6 Å². The molecule has 4 aromatic carbocycles. The summed E-state index contributed by atoms with van der Waals surface area (Å²) in [5.74, 6) is 0.124. The molecule has 0 spiro atoms. The van der Waals surface area contributed by atoms with Crippen molar-refractivity contribution in [2.45, 2.75) is 123 Å². The molecule has 352 valence electrons. The number of phosphoric acid groups is 1. The Hall–Kier alpha value is -3.93. The van der Waals surface area contributed by atoms with Gasteiger partial charge in [-0.3, -0.25) is 0 Å². The van der Waals surface area contributed by atoms with Gasteiger partial charge < -0.3 is 27.2 Å². The number of phosphoric ester groups is 1. The summed E-state index contributed by atoms with van der Waals surface area (Å²) in [4.78, 5) is 13.7. The monoisotopic (exact) mass is 938 g/mol. The molecule has 65 heavy (non-hydrogen) atoms. The van der Waals surface area contributed by atoms with E-state index in [4.69, 9.17) is 27.2 Å². The number of benzene rings is 4. The molecule has 4 aromatic rings. The molecule has 2 fully saturated rings.